The second-order valence-electron chi connectivity index (χ2n) is 8.40. The van der Waals surface area contributed by atoms with Crippen molar-refractivity contribution in [1.82, 2.24) is 10.6 Å². The van der Waals surface area contributed by atoms with E-state index >= 15 is 0 Å². The van der Waals surface area contributed by atoms with E-state index in [-0.39, 0.29) is 17.9 Å². The predicted molar refractivity (Wildman–Crippen MR) is 111 cm³/mol. The molecule has 166 valence electrons. The van der Waals surface area contributed by atoms with Crippen molar-refractivity contribution < 1.29 is 24.9 Å². The van der Waals surface area contributed by atoms with Crippen LogP contribution in [0.2, 0.25) is 0 Å². The topological polar surface area (TPSA) is 135 Å². The van der Waals surface area contributed by atoms with Gasteiger partial charge < -0.3 is 30.7 Å². The zero-order chi connectivity index (χ0) is 21.6. The van der Waals surface area contributed by atoms with Crippen molar-refractivity contribution in [3.63, 3.8) is 0 Å². The Labute approximate surface area is 177 Å². The Balaban J connectivity index is 2.02. The van der Waals surface area contributed by atoms with E-state index in [1.807, 2.05) is 13.8 Å². The van der Waals surface area contributed by atoms with Gasteiger partial charge in [0.1, 0.15) is 29.9 Å². The molecule has 29 heavy (non-hydrogen) atoms. The lowest BCUT2D eigenvalue weighted by Crippen LogP contribution is -2.65. The number of hydrogen-bond acceptors (Lipinski definition) is 8. The van der Waals surface area contributed by atoms with Gasteiger partial charge in [-0.3, -0.25) is 4.79 Å². The molecule has 8 atom stereocenters. The molecule has 0 aliphatic carbocycles. The number of nitrogens with one attached hydrogen (secondary N) is 2. The first-order valence-corrected chi connectivity index (χ1v) is 11.7. The minimum absolute atomic E-state index is 0.0430. The van der Waals surface area contributed by atoms with Crippen LogP contribution >= 0.6 is 11.8 Å². The number of thioether (sulfide) groups is 1. The first kappa shape index (κ1) is 24.4. The number of rotatable bonds is 8. The van der Waals surface area contributed by atoms with Gasteiger partial charge in [-0.1, -0.05) is 13.8 Å². The van der Waals surface area contributed by atoms with Crippen LogP contribution < -0.4 is 10.6 Å². The van der Waals surface area contributed by atoms with Gasteiger partial charge in [0.05, 0.1) is 18.2 Å². The van der Waals surface area contributed by atoms with Crippen LogP contribution in [0.25, 0.3) is 0 Å². The fraction of sp³-hybridized carbons (Fsp3) is 0.900. The quantitative estimate of drug-likeness (QED) is 0.349. The highest BCUT2D eigenvalue weighted by atomic mass is 32.2. The van der Waals surface area contributed by atoms with Crippen molar-refractivity contribution in [3.8, 4) is 6.07 Å². The predicted octanol–water partition coefficient (Wildman–Crippen LogP) is 0.360. The molecule has 8 unspecified atom stereocenters. The number of nitrogens with zero attached hydrogens (tertiary/aromatic N) is 1. The van der Waals surface area contributed by atoms with E-state index in [4.69, 9.17) is 10.00 Å². The normalized spacial score (nSPS) is 36.4. The molecule has 1 amide bonds. The third-order valence-electron chi connectivity index (χ3n) is 5.95. The minimum Gasteiger partial charge on any atom is -0.388 e. The van der Waals surface area contributed by atoms with Crippen molar-refractivity contribution in [2.24, 2.45) is 11.8 Å². The van der Waals surface area contributed by atoms with Crippen LogP contribution in [0.4, 0.5) is 0 Å². The third kappa shape index (κ3) is 6.29. The average Bonchev–Trinajstić information content (AvgIpc) is 2.71. The fourth-order valence-electron chi connectivity index (χ4n) is 4.19. The summed E-state index contributed by atoms with van der Waals surface area (Å²) in [5, 5.41) is 45.8. The lowest BCUT2D eigenvalue weighted by molar-refractivity contribution is -0.208. The summed E-state index contributed by atoms with van der Waals surface area (Å²) in [7, 11) is 0. The number of nitriles is 1. The lowest BCUT2D eigenvalue weighted by atomic mass is 9.86. The van der Waals surface area contributed by atoms with Crippen LogP contribution in [0.3, 0.4) is 0 Å². The second-order valence-corrected chi connectivity index (χ2v) is 9.34. The molecule has 2 aliphatic rings. The SMILES string of the molecule is CSC1OC(C(NC(=O)C2CC(CCCC#N)CCN2)C(C)C)C(O)C(O)C1O. The number of amides is 1. The number of aliphatic hydroxyl groups is 3. The Morgan fingerprint density at radius 1 is 1.31 bits per heavy atom. The summed E-state index contributed by atoms with van der Waals surface area (Å²) in [6.45, 7) is 4.60. The monoisotopic (exact) mass is 429 g/mol. The zero-order valence-electron chi connectivity index (χ0n) is 17.5. The lowest BCUT2D eigenvalue weighted by Gasteiger charge is -2.44. The number of aliphatic hydroxyl groups excluding tert-OH is 3. The summed E-state index contributed by atoms with van der Waals surface area (Å²) in [6.07, 6.45) is 1.17. The molecule has 0 aromatic rings. The molecule has 0 saturated carbocycles. The summed E-state index contributed by atoms with van der Waals surface area (Å²) < 4.78 is 5.87. The van der Waals surface area contributed by atoms with Crippen molar-refractivity contribution in [2.45, 2.75) is 87.9 Å². The molecule has 0 aromatic heterocycles. The highest BCUT2D eigenvalue weighted by Crippen LogP contribution is 2.30. The summed E-state index contributed by atoms with van der Waals surface area (Å²) in [6, 6.07) is 1.33. The summed E-state index contributed by atoms with van der Waals surface area (Å²) in [5.74, 6) is 0.219. The maximum Gasteiger partial charge on any atom is 0.237 e. The van der Waals surface area contributed by atoms with E-state index < -0.39 is 35.9 Å². The number of carbonyl (C=O) groups is 1. The maximum atomic E-state index is 13.0. The molecule has 0 bridgehead atoms. The van der Waals surface area contributed by atoms with Gasteiger partial charge in [0, 0.05) is 6.42 Å². The molecule has 2 saturated heterocycles. The van der Waals surface area contributed by atoms with Crippen LogP contribution in [0, 0.1) is 23.2 Å². The Hall–Kier alpha value is -0.890. The molecule has 0 aromatic carbocycles. The van der Waals surface area contributed by atoms with Crippen LogP contribution in [0.15, 0.2) is 0 Å². The van der Waals surface area contributed by atoms with E-state index in [0.29, 0.717) is 18.8 Å². The Morgan fingerprint density at radius 3 is 2.66 bits per heavy atom. The molecule has 0 radical (unpaired) electrons. The van der Waals surface area contributed by atoms with Crippen molar-refractivity contribution in [1.29, 1.82) is 5.26 Å². The molecular weight excluding hydrogens is 394 g/mol. The first-order chi connectivity index (χ1) is 13.8. The van der Waals surface area contributed by atoms with Crippen LogP contribution in [-0.4, -0.2) is 76.0 Å². The smallest absolute Gasteiger partial charge is 0.237 e. The van der Waals surface area contributed by atoms with Gasteiger partial charge in [-0.15, -0.1) is 11.8 Å². The van der Waals surface area contributed by atoms with E-state index in [1.54, 1.807) is 6.26 Å². The summed E-state index contributed by atoms with van der Waals surface area (Å²) in [4.78, 5) is 13.0. The zero-order valence-corrected chi connectivity index (χ0v) is 18.3. The highest BCUT2D eigenvalue weighted by molar-refractivity contribution is 7.99. The van der Waals surface area contributed by atoms with Gasteiger partial charge in [0.25, 0.3) is 0 Å². The molecule has 5 N–H and O–H groups in total. The van der Waals surface area contributed by atoms with Gasteiger partial charge in [-0.25, -0.2) is 0 Å². The van der Waals surface area contributed by atoms with Crippen molar-refractivity contribution in [3.05, 3.63) is 0 Å². The molecule has 2 heterocycles. The second kappa shape index (κ2) is 11.5. The highest BCUT2D eigenvalue weighted by Gasteiger charge is 2.47. The van der Waals surface area contributed by atoms with Crippen LogP contribution in [0.5, 0.6) is 0 Å². The Morgan fingerprint density at radius 2 is 2.03 bits per heavy atom. The molecule has 8 nitrogen and oxygen atoms in total. The van der Waals surface area contributed by atoms with Crippen molar-refractivity contribution in [2.75, 3.05) is 12.8 Å². The third-order valence-corrected chi connectivity index (χ3v) is 6.80. The first-order valence-electron chi connectivity index (χ1n) is 10.4. The average molecular weight is 430 g/mol. The Kier molecular flexibility index (Phi) is 9.66. The molecular formula is C20H35N3O5S. The summed E-state index contributed by atoms with van der Waals surface area (Å²) in [5.41, 5.74) is -0.672. The van der Waals surface area contributed by atoms with E-state index in [2.05, 4.69) is 16.7 Å². The largest absolute Gasteiger partial charge is 0.388 e. The molecule has 2 fully saturated rings. The number of piperidine rings is 1. The summed E-state index contributed by atoms with van der Waals surface area (Å²) >= 11 is 1.26. The van der Waals surface area contributed by atoms with Gasteiger partial charge in [-0.05, 0) is 50.3 Å². The van der Waals surface area contributed by atoms with Crippen LogP contribution in [-0.2, 0) is 9.53 Å². The van der Waals surface area contributed by atoms with Gasteiger partial charge in [-0.2, -0.15) is 5.26 Å². The Bertz CT molecular complexity index is 571. The van der Waals surface area contributed by atoms with E-state index in [1.165, 1.54) is 11.8 Å². The number of hydrogen-bond donors (Lipinski definition) is 5. The molecule has 0 spiro atoms. The van der Waals surface area contributed by atoms with Crippen molar-refractivity contribution >= 4 is 17.7 Å². The number of ether oxygens (including phenoxy) is 1. The number of carbonyl (C=O) groups excluding carboxylic acids is 1. The van der Waals surface area contributed by atoms with Gasteiger partial charge in [0.2, 0.25) is 5.91 Å². The molecule has 2 aliphatic heterocycles. The minimum atomic E-state index is -1.33. The maximum absolute atomic E-state index is 13.0. The standard InChI is InChI=1S/C20H35N3O5S/c1-11(2)14(18-16(25)15(24)17(26)20(28-18)29-3)23-19(27)13-10-12(7-9-22-13)6-4-5-8-21/h11-18,20,22,24-26H,4-7,9-10H2,1-3H3,(H,23,27). The molecule has 9 heteroatoms. The van der Waals surface area contributed by atoms with Gasteiger partial charge in [0.15, 0.2) is 0 Å². The van der Waals surface area contributed by atoms with E-state index in [0.717, 1.165) is 25.8 Å². The number of unbranched alkanes of at least 4 members (excludes halogenated alkanes) is 1. The van der Waals surface area contributed by atoms with Gasteiger partial charge >= 0.3 is 0 Å². The van der Waals surface area contributed by atoms with E-state index in [9.17, 15) is 20.1 Å². The fourth-order valence-corrected chi connectivity index (χ4v) is 4.87. The molecule has 2 rings (SSSR count). The van der Waals surface area contributed by atoms with Crippen LogP contribution in [0.1, 0.15) is 46.0 Å².